The van der Waals surface area contributed by atoms with Gasteiger partial charge in [-0.2, -0.15) is 4.39 Å². The van der Waals surface area contributed by atoms with Crippen LogP contribution in [-0.4, -0.2) is 6.61 Å². The molecule has 0 unspecified atom stereocenters. The van der Waals surface area contributed by atoms with Crippen molar-refractivity contribution < 1.29 is 13.5 Å². The molecule has 1 aromatic rings. The lowest BCUT2D eigenvalue weighted by Gasteiger charge is -2.06. The zero-order valence-electron chi connectivity index (χ0n) is 8.15. The first-order valence-corrected chi connectivity index (χ1v) is 4.74. The summed E-state index contributed by atoms with van der Waals surface area (Å²) in [5.74, 6) is -1.97. The van der Waals surface area contributed by atoms with Gasteiger partial charge in [0.05, 0.1) is 6.61 Å². The number of hydrogen-bond acceptors (Lipinski definition) is 1. The summed E-state index contributed by atoms with van der Waals surface area (Å²) in [7, 11) is 0. The highest BCUT2D eigenvalue weighted by Gasteiger charge is 2.08. The van der Waals surface area contributed by atoms with Gasteiger partial charge in [-0.3, -0.25) is 0 Å². The highest BCUT2D eigenvalue weighted by molar-refractivity contribution is 5.24. The molecule has 77 valence electrons. The Morgan fingerprint density at radius 2 is 2.14 bits per heavy atom. The minimum absolute atomic E-state index is 0.0302. The molecule has 0 amide bonds. The van der Waals surface area contributed by atoms with Crippen molar-refractivity contribution in [3.05, 3.63) is 29.8 Å². The average Bonchev–Trinajstić information content (AvgIpc) is 2.19. The third-order valence-corrected chi connectivity index (χ3v) is 1.86. The molecule has 0 N–H and O–H groups in total. The number of rotatable bonds is 5. The Balaban J connectivity index is 2.46. The van der Waals surface area contributed by atoms with Crippen LogP contribution >= 0.6 is 0 Å². The Bertz CT molecular complexity index is 287. The van der Waals surface area contributed by atoms with Crippen molar-refractivity contribution in [2.75, 3.05) is 6.61 Å². The van der Waals surface area contributed by atoms with Gasteiger partial charge in [-0.05, 0) is 18.6 Å². The molecule has 1 nitrogen and oxygen atoms in total. The second-order valence-corrected chi connectivity index (χ2v) is 3.03. The summed E-state index contributed by atoms with van der Waals surface area (Å²) in [5, 5.41) is 0. The molecular weight excluding hydrogens is 186 g/mol. The van der Waals surface area contributed by atoms with Crippen LogP contribution in [0.2, 0.25) is 0 Å². The fraction of sp³-hybridized carbons (Fsp3) is 0.455. The summed E-state index contributed by atoms with van der Waals surface area (Å²) >= 11 is 0. The van der Waals surface area contributed by atoms with Crippen LogP contribution in [0.15, 0.2) is 12.1 Å². The van der Waals surface area contributed by atoms with Crippen molar-refractivity contribution in [2.45, 2.75) is 26.2 Å². The number of halogens is 2. The summed E-state index contributed by atoms with van der Waals surface area (Å²) in [4.78, 5) is 0. The molecule has 1 radical (unpaired) electrons. The summed E-state index contributed by atoms with van der Waals surface area (Å²) in [6, 6.07) is 4.81. The van der Waals surface area contributed by atoms with E-state index in [0.717, 1.165) is 19.3 Å². The maximum atomic E-state index is 13.0. The van der Waals surface area contributed by atoms with Crippen molar-refractivity contribution >= 4 is 0 Å². The van der Waals surface area contributed by atoms with Gasteiger partial charge in [-0.1, -0.05) is 19.8 Å². The molecule has 0 saturated heterocycles. The van der Waals surface area contributed by atoms with Crippen LogP contribution in [-0.2, 0) is 0 Å². The molecule has 0 aliphatic rings. The summed E-state index contributed by atoms with van der Waals surface area (Å²) < 4.78 is 30.7. The Kier molecular flexibility index (Phi) is 4.36. The third-order valence-electron chi connectivity index (χ3n) is 1.86. The maximum absolute atomic E-state index is 13.0. The Hall–Kier alpha value is -1.12. The van der Waals surface area contributed by atoms with E-state index < -0.39 is 11.6 Å². The normalized spacial score (nSPS) is 10.2. The van der Waals surface area contributed by atoms with E-state index in [1.54, 1.807) is 0 Å². The monoisotopic (exact) mass is 199 g/mol. The van der Waals surface area contributed by atoms with Crippen LogP contribution in [0.25, 0.3) is 0 Å². The average molecular weight is 199 g/mol. The first kappa shape index (κ1) is 11.0. The Morgan fingerprint density at radius 3 is 2.86 bits per heavy atom. The third kappa shape index (κ3) is 2.98. The molecule has 0 fully saturated rings. The summed E-state index contributed by atoms with van der Waals surface area (Å²) in [5.41, 5.74) is 0. The van der Waals surface area contributed by atoms with E-state index in [2.05, 4.69) is 13.0 Å². The molecule has 0 spiro atoms. The van der Waals surface area contributed by atoms with E-state index in [9.17, 15) is 8.78 Å². The smallest absolute Gasteiger partial charge is 0.201 e. The second kappa shape index (κ2) is 5.58. The fourth-order valence-corrected chi connectivity index (χ4v) is 1.08. The highest BCUT2D eigenvalue weighted by Crippen LogP contribution is 2.18. The molecule has 3 heteroatoms. The molecule has 0 aliphatic heterocycles. The lowest BCUT2D eigenvalue weighted by Crippen LogP contribution is -2.00. The van der Waals surface area contributed by atoms with Crippen molar-refractivity contribution in [1.82, 2.24) is 0 Å². The predicted molar refractivity (Wildman–Crippen MR) is 50.2 cm³/mol. The first-order valence-electron chi connectivity index (χ1n) is 4.74. The SMILES string of the molecule is CCCCCOc1cc[c]c(F)c1F. The van der Waals surface area contributed by atoms with Crippen LogP contribution in [0.5, 0.6) is 5.75 Å². The molecule has 1 rings (SSSR count). The van der Waals surface area contributed by atoms with Gasteiger partial charge in [0.15, 0.2) is 11.6 Å². The van der Waals surface area contributed by atoms with Crippen LogP contribution in [0, 0.1) is 17.7 Å². The molecule has 0 aliphatic carbocycles. The van der Waals surface area contributed by atoms with Crippen molar-refractivity contribution in [3.8, 4) is 5.75 Å². The van der Waals surface area contributed by atoms with E-state index in [0.29, 0.717) is 6.61 Å². The topological polar surface area (TPSA) is 9.23 Å². The van der Waals surface area contributed by atoms with Gasteiger partial charge in [0, 0.05) is 6.07 Å². The number of hydrogen-bond donors (Lipinski definition) is 0. The zero-order valence-corrected chi connectivity index (χ0v) is 8.15. The predicted octanol–water partition coefficient (Wildman–Crippen LogP) is 3.33. The molecule has 0 saturated carbocycles. The van der Waals surface area contributed by atoms with Crippen molar-refractivity contribution in [1.29, 1.82) is 0 Å². The zero-order chi connectivity index (χ0) is 10.4. The minimum atomic E-state index is -0.988. The number of unbranched alkanes of at least 4 members (excludes halogenated alkanes) is 2. The van der Waals surface area contributed by atoms with E-state index in [1.807, 2.05) is 0 Å². The van der Waals surface area contributed by atoms with Gasteiger partial charge in [-0.25, -0.2) is 4.39 Å². The Labute approximate surface area is 82.7 Å². The quantitative estimate of drug-likeness (QED) is 0.661. The maximum Gasteiger partial charge on any atom is 0.201 e. The van der Waals surface area contributed by atoms with E-state index >= 15 is 0 Å². The van der Waals surface area contributed by atoms with Crippen LogP contribution in [0.1, 0.15) is 26.2 Å². The van der Waals surface area contributed by atoms with Gasteiger partial charge >= 0.3 is 0 Å². The molecular formula is C11H13F2O. The standard InChI is InChI=1S/C11H13F2O/c1-2-3-4-8-14-10-7-5-6-9(12)11(10)13/h5,7H,2-4,8H2,1H3. The summed E-state index contributed by atoms with van der Waals surface area (Å²) in [6.07, 6.45) is 2.96. The number of ether oxygens (including phenoxy) is 1. The second-order valence-electron chi connectivity index (χ2n) is 3.03. The largest absolute Gasteiger partial charge is 0.490 e. The fourth-order valence-electron chi connectivity index (χ4n) is 1.08. The van der Waals surface area contributed by atoms with Gasteiger partial charge in [0.2, 0.25) is 5.82 Å². The van der Waals surface area contributed by atoms with E-state index in [4.69, 9.17) is 4.74 Å². The summed E-state index contributed by atoms with van der Waals surface area (Å²) in [6.45, 7) is 2.49. The van der Waals surface area contributed by atoms with Crippen LogP contribution in [0.3, 0.4) is 0 Å². The van der Waals surface area contributed by atoms with Crippen LogP contribution in [0.4, 0.5) is 8.78 Å². The molecule has 0 atom stereocenters. The minimum Gasteiger partial charge on any atom is -0.490 e. The van der Waals surface area contributed by atoms with Gasteiger partial charge < -0.3 is 4.74 Å². The van der Waals surface area contributed by atoms with Gasteiger partial charge in [-0.15, -0.1) is 0 Å². The molecule has 14 heavy (non-hydrogen) atoms. The van der Waals surface area contributed by atoms with Crippen molar-refractivity contribution in [2.24, 2.45) is 0 Å². The lowest BCUT2D eigenvalue weighted by molar-refractivity contribution is 0.286. The van der Waals surface area contributed by atoms with Gasteiger partial charge in [0.1, 0.15) is 0 Å². The first-order chi connectivity index (χ1) is 6.75. The van der Waals surface area contributed by atoms with Crippen LogP contribution < -0.4 is 4.74 Å². The Morgan fingerprint density at radius 1 is 1.36 bits per heavy atom. The molecule has 0 heterocycles. The number of benzene rings is 1. The molecule has 0 bridgehead atoms. The van der Waals surface area contributed by atoms with E-state index in [1.165, 1.54) is 12.1 Å². The van der Waals surface area contributed by atoms with E-state index in [-0.39, 0.29) is 5.75 Å². The lowest BCUT2D eigenvalue weighted by atomic mass is 10.2. The molecule has 0 aromatic heterocycles. The highest BCUT2D eigenvalue weighted by atomic mass is 19.2. The van der Waals surface area contributed by atoms with Crippen molar-refractivity contribution in [3.63, 3.8) is 0 Å². The molecule has 1 aromatic carbocycles. The van der Waals surface area contributed by atoms with Gasteiger partial charge in [0.25, 0.3) is 0 Å².